The van der Waals surface area contributed by atoms with Crippen molar-refractivity contribution in [3.8, 4) is 0 Å². The van der Waals surface area contributed by atoms with Crippen LogP contribution in [0, 0.1) is 12.8 Å². The normalized spacial score (nSPS) is 14.8. The van der Waals surface area contributed by atoms with Gasteiger partial charge in [-0.25, -0.2) is 0 Å². The number of carbonyl (C=O) groups excluding carboxylic acids is 3. The molecule has 3 amide bonds. The molecular weight excluding hydrogens is 442 g/mol. The highest BCUT2D eigenvalue weighted by molar-refractivity contribution is 5.97. The summed E-state index contributed by atoms with van der Waals surface area (Å²) in [5, 5.41) is 5.85. The first-order chi connectivity index (χ1) is 17.0. The van der Waals surface area contributed by atoms with Crippen LogP contribution in [-0.4, -0.2) is 41.8 Å². The molecule has 1 atom stereocenters. The highest BCUT2D eigenvalue weighted by Crippen LogP contribution is 2.23. The number of aryl methyl sites for hydroxylation is 1. The summed E-state index contributed by atoms with van der Waals surface area (Å²) in [5.41, 5.74) is 2.48. The van der Waals surface area contributed by atoms with Gasteiger partial charge in [-0.1, -0.05) is 48.0 Å². The summed E-state index contributed by atoms with van der Waals surface area (Å²) in [7, 11) is 0. The van der Waals surface area contributed by atoms with Crippen molar-refractivity contribution in [3.05, 3.63) is 95.4 Å². The van der Waals surface area contributed by atoms with E-state index in [1.54, 1.807) is 30.5 Å². The van der Waals surface area contributed by atoms with Crippen LogP contribution < -0.4 is 10.6 Å². The van der Waals surface area contributed by atoms with Gasteiger partial charge in [-0.05, 0) is 55.5 Å². The Morgan fingerprint density at radius 2 is 1.77 bits per heavy atom. The van der Waals surface area contributed by atoms with Crippen molar-refractivity contribution in [1.29, 1.82) is 0 Å². The van der Waals surface area contributed by atoms with Crippen molar-refractivity contribution < 1.29 is 18.8 Å². The van der Waals surface area contributed by atoms with Gasteiger partial charge in [0.15, 0.2) is 0 Å². The van der Waals surface area contributed by atoms with Crippen molar-refractivity contribution in [2.75, 3.05) is 13.1 Å². The lowest BCUT2D eigenvalue weighted by atomic mass is 9.88. The molecular formula is C28H31N3O4. The molecule has 1 aliphatic rings. The monoisotopic (exact) mass is 473 g/mol. The molecule has 4 rings (SSSR count). The van der Waals surface area contributed by atoms with Crippen molar-refractivity contribution >= 4 is 17.7 Å². The predicted molar refractivity (Wildman–Crippen MR) is 132 cm³/mol. The molecule has 182 valence electrons. The second kappa shape index (κ2) is 11.5. The molecule has 0 spiro atoms. The number of hydrogen-bond acceptors (Lipinski definition) is 4. The van der Waals surface area contributed by atoms with Gasteiger partial charge in [0, 0.05) is 18.7 Å². The molecule has 7 nitrogen and oxygen atoms in total. The van der Waals surface area contributed by atoms with Crippen molar-refractivity contribution in [2.45, 2.75) is 38.8 Å². The molecule has 7 heteroatoms. The number of nitrogens with one attached hydrogen (secondary N) is 2. The fraction of sp³-hybridized carbons (Fsp3) is 0.321. The quantitative estimate of drug-likeness (QED) is 0.524. The molecule has 2 aromatic carbocycles. The highest BCUT2D eigenvalue weighted by atomic mass is 16.3. The van der Waals surface area contributed by atoms with Crippen LogP contribution in [0.5, 0.6) is 0 Å². The number of likely N-dealkylation sites (tertiary alicyclic amines) is 1. The summed E-state index contributed by atoms with van der Waals surface area (Å²) in [5.74, 6) is 0.104. The largest absolute Gasteiger partial charge is 0.467 e. The van der Waals surface area contributed by atoms with Gasteiger partial charge in [0.25, 0.3) is 5.91 Å². The van der Waals surface area contributed by atoms with Gasteiger partial charge in [-0.2, -0.15) is 0 Å². The van der Waals surface area contributed by atoms with Crippen LogP contribution in [0.2, 0.25) is 0 Å². The Kier molecular flexibility index (Phi) is 7.98. The SMILES string of the molecule is Cc1cccc(C(=O)NC(C(=O)NCc2ccco2)C2CCN(C(=O)Cc3ccccc3)CC2)c1. The molecule has 0 radical (unpaired) electrons. The van der Waals surface area contributed by atoms with Gasteiger partial charge < -0.3 is 20.0 Å². The van der Waals surface area contributed by atoms with E-state index in [0.717, 1.165) is 11.1 Å². The average Bonchev–Trinajstić information content (AvgIpc) is 3.40. The summed E-state index contributed by atoms with van der Waals surface area (Å²) in [6.45, 7) is 3.28. The molecule has 1 fully saturated rings. The minimum atomic E-state index is -0.704. The Hall–Kier alpha value is -3.87. The third-order valence-corrected chi connectivity index (χ3v) is 6.43. The maximum atomic E-state index is 13.2. The van der Waals surface area contributed by atoms with E-state index in [2.05, 4.69) is 10.6 Å². The molecule has 1 aromatic heterocycles. The number of rotatable bonds is 8. The highest BCUT2D eigenvalue weighted by Gasteiger charge is 2.34. The predicted octanol–water partition coefficient (Wildman–Crippen LogP) is 3.48. The third-order valence-electron chi connectivity index (χ3n) is 6.43. The first kappa shape index (κ1) is 24.3. The van der Waals surface area contributed by atoms with E-state index < -0.39 is 6.04 Å². The molecule has 1 unspecified atom stereocenters. The molecule has 0 bridgehead atoms. The lowest BCUT2D eigenvalue weighted by Crippen LogP contribution is -2.53. The summed E-state index contributed by atoms with van der Waals surface area (Å²) >= 11 is 0. The van der Waals surface area contributed by atoms with E-state index in [4.69, 9.17) is 4.42 Å². The van der Waals surface area contributed by atoms with E-state index in [0.29, 0.717) is 43.7 Å². The maximum absolute atomic E-state index is 13.2. The smallest absolute Gasteiger partial charge is 0.251 e. The summed E-state index contributed by atoms with van der Waals surface area (Å²) < 4.78 is 5.32. The zero-order valence-electron chi connectivity index (χ0n) is 19.9. The number of benzene rings is 2. The fourth-order valence-corrected chi connectivity index (χ4v) is 4.47. The topological polar surface area (TPSA) is 91.7 Å². The van der Waals surface area contributed by atoms with Crippen LogP contribution in [0.1, 0.15) is 40.1 Å². The number of amides is 3. The molecule has 35 heavy (non-hydrogen) atoms. The lowest BCUT2D eigenvalue weighted by Gasteiger charge is -2.36. The Labute approximate surface area is 205 Å². The Bertz CT molecular complexity index is 1140. The number of hydrogen-bond donors (Lipinski definition) is 2. The van der Waals surface area contributed by atoms with Crippen LogP contribution in [0.15, 0.2) is 77.4 Å². The minimum Gasteiger partial charge on any atom is -0.467 e. The maximum Gasteiger partial charge on any atom is 0.251 e. The van der Waals surface area contributed by atoms with Gasteiger partial charge in [0.05, 0.1) is 19.2 Å². The van der Waals surface area contributed by atoms with Gasteiger partial charge in [0.1, 0.15) is 11.8 Å². The van der Waals surface area contributed by atoms with Crippen molar-refractivity contribution in [1.82, 2.24) is 15.5 Å². The second-order valence-corrected chi connectivity index (χ2v) is 9.00. The van der Waals surface area contributed by atoms with Gasteiger partial charge in [-0.3, -0.25) is 14.4 Å². The first-order valence-corrected chi connectivity index (χ1v) is 12.0. The van der Waals surface area contributed by atoms with E-state index in [1.165, 1.54) is 0 Å². The third kappa shape index (κ3) is 6.59. The van der Waals surface area contributed by atoms with Crippen LogP contribution >= 0.6 is 0 Å². The van der Waals surface area contributed by atoms with E-state index in [9.17, 15) is 14.4 Å². The minimum absolute atomic E-state index is 0.0808. The fourth-order valence-electron chi connectivity index (χ4n) is 4.47. The molecule has 2 heterocycles. The van der Waals surface area contributed by atoms with Gasteiger partial charge in [0.2, 0.25) is 11.8 Å². The molecule has 2 N–H and O–H groups in total. The van der Waals surface area contributed by atoms with E-state index >= 15 is 0 Å². The van der Waals surface area contributed by atoms with Crippen molar-refractivity contribution in [3.63, 3.8) is 0 Å². The Balaban J connectivity index is 1.41. The van der Waals surface area contributed by atoms with E-state index in [1.807, 2.05) is 54.3 Å². The molecule has 0 saturated carbocycles. The Morgan fingerprint density at radius 1 is 1.00 bits per heavy atom. The molecule has 1 aliphatic heterocycles. The zero-order valence-corrected chi connectivity index (χ0v) is 19.9. The number of piperidine rings is 1. The zero-order chi connectivity index (χ0) is 24.6. The Morgan fingerprint density at radius 3 is 2.46 bits per heavy atom. The second-order valence-electron chi connectivity index (χ2n) is 9.00. The summed E-state index contributed by atoms with van der Waals surface area (Å²) in [6, 6.07) is 19.8. The lowest BCUT2D eigenvalue weighted by molar-refractivity contribution is -0.132. The number of furan rings is 1. The molecule has 0 aliphatic carbocycles. The first-order valence-electron chi connectivity index (χ1n) is 12.0. The molecule has 1 saturated heterocycles. The van der Waals surface area contributed by atoms with Gasteiger partial charge >= 0.3 is 0 Å². The van der Waals surface area contributed by atoms with E-state index in [-0.39, 0.29) is 30.2 Å². The summed E-state index contributed by atoms with van der Waals surface area (Å²) in [4.78, 5) is 40.8. The summed E-state index contributed by atoms with van der Waals surface area (Å²) in [6.07, 6.45) is 3.18. The standard InChI is InChI=1S/C28H31N3O4/c1-20-7-5-10-23(17-20)27(33)30-26(28(34)29-19-24-11-6-16-35-24)22-12-14-31(15-13-22)25(32)18-21-8-3-2-4-9-21/h2-11,16-17,22,26H,12-15,18-19H2,1H3,(H,29,34)(H,30,33). The van der Waals surface area contributed by atoms with Crippen LogP contribution in [0.25, 0.3) is 0 Å². The van der Waals surface area contributed by atoms with Crippen molar-refractivity contribution in [2.24, 2.45) is 5.92 Å². The van der Waals surface area contributed by atoms with Gasteiger partial charge in [-0.15, -0.1) is 0 Å². The number of carbonyl (C=O) groups is 3. The van der Waals surface area contributed by atoms with Crippen LogP contribution in [0.4, 0.5) is 0 Å². The van der Waals surface area contributed by atoms with Crippen LogP contribution in [-0.2, 0) is 22.6 Å². The van der Waals surface area contributed by atoms with Crippen LogP contribution in [0.3, 0.4) is 0 Å². The molecule has 3 aromatic rings. The number of nitrogens with zero attached hydrogens (tertiary/aromatic N) is 1. The average molecular weight is 474 g/mol.